The third-order valence-corrected chi connectivity index (χ3v) is 11.3. The Kier molecular flexibility index (Phi) is 9.68. The number of benzene rings is 10. The van der Waals surface area contributed by atoms with Gasteiger partial charge < -0.3 is 4.90 Å². The average molecular weight is 752 g/mol. The minimum absolute atomic E-state index is 1.09. The Morgan fingerprint density at radius 3 is 1.17 bits per heavy atom. The summed E-state index contributed by atoms with van der Waals surface area (Å²) in [4.78, 5) is 2.37. The van der Waals surface area contributed by atoms with E-state index in [1.807, 2.05) is 0 Å². The smallest absolute Gasteiger partial charge is 0.0467 e. The molecular formula is C58H41N. The van der Waals surface area contributed by atoms with Crippen LogP contribution >= 0.6 is 0 Å². The van der Waals surface area contributed by atoms with Crippen molar-refractivity contribution in [1.82, 2.24) is 0 Å². The largest absolute Gasteiger partial charge is 0.310 e. The van der Waals surface area contributed by atoms with Crippen molar-refractivity contribution in [3.63, 3.8) is 0 Å². The fraction of sp³-hybridized carbons (Fsp3) is 0. The second kappa shape index (κ2) is 16.0. The van der Waals surface area contributed by atoms with E-state index in [9.17, 15) is 0 Å². The first-order chi connectivity index (χ1) is 29.2. The molecule has 0 bridgehead atoms. The van der Waals surface area contributed by atoms with Crippen molar-refractivity contribution >= 4 is 27.8 Å². The third kappa shape index (κ3) is 7.46. The number of nitrogens with zero attached hydrogens (tertiary/aromatic N) is 1. The molecule has 0 saturated carbocycles. The van der Waals surface area contributed by atoms with Gasteiger partial charge in [0.05, 0.1) is 0 Å². The van der Waals surface area contributed by atoms with Crippen LogP contribution in [0, 0.1) is 0 Å². The van der Waals surface area contributed by atoms with Crippen LogP contribution in [0.5, 0.6) is 0 Å². The molecule has 59 heavy (non-hydrogen) atoms. The summed E-state index contributed by atoms with van der Waals surface area (Å²) >= 11 is 0. The van der Waals surface area contributed by atoms with Gasteiger partial charge in [-0.1, -0.05) is 200 Å². The minimum atomic E-state index is 1.09. The molecule has 0 spiro atoms. The molecule has 0 aromatic heterocycles. The van der Waals surface area contributed by atoms with Crippen LogP contribution in [0.2, 0.25) is 0 Å². The Morgan fingerprint density at radius 1 is 0.186 bits per heavy atom. The van der Waals surface area contributed by atoms with E-state index in [0.717, 1.165) is 17.1 Å². The first-order valence-corrected chi connectivity index (χ1v) is 20.2. The fourth-order valence-electron chi connectivity index (χ4n) is 8.18. The van der Waals surface area contributed by atoms with Crippen molar-refractivity contribution < 1.29 is 0 Å². The van der Waals surface area contributed by atoms with Gasteiger partial charge in [0.1, 0.15) is 0 Å². The van der Waals surface area contributed by atoms with Crippen LogP contribution in [0.1, 0.15) is 0 Å². The van der Waals surface area contributed by atoms with Gasteiger partial charge in [0, 0.05) is 17.1 Å². The molecule has 0 aliphatic carbocycles. The van der Waals surface area contributed by atoms with Crippen LogP contribution in [0.4, 0.5) is 17.1 Å². The Bertz CT molecular complexity index is 2990. The van der Waals surface area contributed by atoms with Gasteiger partial charge in [-0.3, -0.25) is 0 Å². The first-order valence-electron chi connectivity index (χ1n) is 20.2. The van der Waals surface area contributed by atoms with Gasteiger partial charge in [-0.15, -0.1) is 0 Å². The average Bonchev–Trinajstić information content (AvgIpc) is 3.33. The molecule has 0 fully saturated rings. The SMILES string of the molecule is c1ccc(-c2ccc(-c3ccc(N(c4ccc(-c5ccc(-c6ccccc6)c(-c6ccccc6)c5)cc4)c4cccc(-c5ccc6ccccc6c5)c4)cc3)cc2)cc1. The maximum absolute atomic E-state index is 2.37. The summed E-state index contributed by atoms with van der Waals surface area (Å²) in [6.07, 6.45) is 0. The zero-order chi connectivity index (χ0) is 39.4. The Hall–Kier alpha value is -7.74. The maximum Gasteiger partial charge on any atom is 0.0467 e. The summed E-state index contributed by atoms with van der Waals surface area (Å²) in [6, 6.07) is 89.8. The van der Waals surface area contributed by atoms with E-state index in [1.165, 1.54) is 77.5 Å². The summed E-state index contributed by atoms with van der Waals surface area (Å²) < 4.78 is 0. The Morgan fingerprint density at radius 2 is 0.576 bits per heavy atom. The molecule has 0 amide bonds. The first kappa shape index (κ1) is 35.7. The topological polar surface area (TPSA) is 3.24 Å². The maximum atomic E-state index is 2.37. The van der Waals surface area contributed by atoms with Gasteiger partial charge in [-0.2, -0.15) is 0 Å². The molecular weight excluding hydrogens is 711 g/mol. The van der Waals surface area contributed by atoms with Crippen LogP contribution in [0.15, 0.2) is 249 Å². The van der Waals surface area contributed by atoms with Crippen molar-refractivity contribution in [2.45, 2.75) is 0 Å². The molecule has 10 rings (SSSR count). The Balaban J connectivity index is 1.02. The summed E-state index contributed by atoms with van der Waals surface area (Å²) in [5.41, 5.74) is 17.7. The van der Waals surface area contributed by atoms with Crippen LogP contribution in [-0.4, -0.2) is 0 Å². The van der Waals surface area contributed by atoms with Gasteiger partial charge in [-0.05, 0) is 126 Å². The third-order valence-electron chi connectivity index (χ3n) is 11.3. The summed E-state index contributed by atoms with van der Waals surface area (Å²) in [5, 5.41) is 2.48. The fourth-order valence-corrected chi connectivity index (χ4v) is 8.18. The molecule has 0 radical (unpaired) electrons. The predicted octanol–water partition coefficient (Wildman–Crippen LogP) is 16.3. The molecule has 10 aromatic rings. The quantitative estimate of drug-likeness (QED) is 0.142. The molecule has 0 unspecified atom stereocenters. The number of hydrogen-bond donors (Lipinski definition) is 0. The van der Waals surface area contributed by atoms with Crippen LogP contribution in [-0.2, 0) is 0 Å². The van der Waals surface area contributed by atoms with Crippen molar-refractivity contribution in [2.75, 3.05) is 4.90 Å². The second-order valence-corrected chi connectivity index (χ2v) is 15.0. The normalized spacial score (nSPS) is 11.1. The number of hydrogen-bond acceptors (Lipinski definition) is 1. The van der Waals surface area contributed by atoms with E-state index >= 15 is 0 Å². The highest BCUT2D eigenvalue weighted by atomic mass is 15.1. The summed E-state index contributed by atoms with van der Waals surface area (Å²) in [5.74, 6) is 0. The highest BCUT2D eigenvalue weighted by Crippen LogP contribution is 2.40. The standard InChI is InChI=1S/C58H41N/c1-4-13-42(14-5-1)44-23-25-45(26-24-44)46-29-34-54(35-30-46)59(56-22-12-21-51(40-56)52-28-27-43-15-10-11-20-50(43)39-52)55-36-31-47(32-37-55)53-33-38-57(48-16-6-2-7-17-48)58(41-53)49-18-8-3-9-19-49/h1-41H. The van der Waals surface area contributed by atoms with Gasteiger partial charge in [0.25, 0.3) is 0 Å². The lowest BCUT2D eigenvalue weighted by Crippen LogP contribution is -2.10. The van der Waals surface area contributed by atoms with E-state index in [0.29, 0.717) is 0 Å². The molecule has 0 heterocycles. The van der Waals surface area contributed by atoms with E-state index in [4.69, 9.17) is 0 Å². The van der Waals surface area contributed by atoms with E-state index < -0.39 is 0 Å². The lowest BCUT2D eigenvalue weighted by molar-refractivity contribution is 1.28. The Labute approximate surface area is 346 Å². The molecule has 278 valence electrons. The molecule has 0 N–H and O–H groups in total. The molecule has 0 atom stereocenters. The lowest BCUT2D eigenvalue weighted by atomic mass is 9.91. The van der Waals surface area contributed by atoms with Gasteiger partial charge >= 0.3 is 0 Å². The molecule has 1 heteroatoms. The molecule has 0 aliphatic heterocycles. The zero-order valence-electron chi connectivity index (χ0n) is 32.6. The highest BCUT2D eigenvalue weighted by molar-refractivity contribution is 5.90. The molecule has 0 aliphatic rings. The van der Waals surface area contributed by atoms with Crippen LogP contribution in [0.3, 0.4) is 0 Å². The molecule has 1 nitrogen and oxygen atoms in total. The predicted molar refractivity (Wildman–Crippen MR) is 251 cm³/mol. The zero-order valence-corrected chi connectivity index (χ0v) is 32.6. The van der Waals surface area contributed by atoms with E-state index in [-0.39, 0.29) is 0 Å². The van der Waals surface area contributed by atoms with Crippen molar-refractivity contribution in [3.05, 3.63) is 249 Å². The van der Waals surface area contributed by atoms with Crippen molar-refractivity contribution in [1.29, 1.82) is 0 Å². The minimum Gasteiger partial charge on any atom is -0.310 e. The number of anilines is 3. The molecule has 0 saturated heterocycles. The lowest BCUT2D eigenvalue weighted by Gasteiger charge is -2.26. The second-order valence-electron chi connectivity index (χ2n) is 15.0. The van der Waals surface area contributed by atoms with E-state index in [2.05, 4.69) is 254 Å². The number of fused-ring (bicyclic) bond motifs is 1. The van der Waals surface area contributed by atoms with Crippen LogP contribution in [0.25, 0.3) is 77.5 Å². The van der Waals surface area contributed by atoms with Gasteiger partial charge in [0.15, 0.2) is 0 Å². The molecule has 10 aromatic carbocycles. The van der Waals surface area contributed by atoms with Crippen molar-refractivity contribution in [3.8, 4) is 66.8 Å². The van der Waals surface area contributed by atoms with E-state index in [1.54, 1.807) is 0 Å². The monoisotopic (exact) mass is 751 g/mol. The van der Waals surface area contributed by atoms with Crippen LogP contribution < -0.4 is 4.90 Å². The highest BCUT2D eigenvalue weighted by Gasteiger charge is 2.16. The summed E-state index contributed by atoms with van der Waals surface area (Å²) in [6.45, 7) is 0. The van der Waals surface area contributed by atoms with Gasteiger partial charge in [-0.25, -0.2) is 0 Å². The van der Waals surface area contributed by atoms with Crippen molar-refractivity contribution in [2.24, 2.45) is 0 Å². The number of rotatable bonds is 9. The van der Waals surface area contributed by atoms with Gasteiger partial charge in [0.2, 0.25) is 0 Å². The summed E-state index contributed by atoms with van der Waals surface area (Å²) in [7, 11) is 0.